The summed E-state index contributed by atoms with van der Waals surface area (Å²) in [7, 11) is 0. The molecule has 0 saturated carbocycles. The van der Waals surface area contributed by atoms with Crippen LogP contribution in [0.5, 0.6) is 0 Å². The third kappa shape index (κ3) is 6.36. The Balaban J connectivity index is 0.976. The lowest BCUT2D eigenvalue weighted by molar-refractivity contribution is 0.660. The molecule has 0 amide bonds. The van der Waals surface area contributed by atoms with Crippen LogP contribution >= 0.6 is 0 Å². The van der Waals surface area contributed by atoms with Crippen LogP contribution < -0.4 is 9.80 Å². The Morgan fingerprint density at radius 2 is 0.689 bits per heavy atom. The maximum absolute atomic E-state index is 2.44. The molecular weight excluding hydrogens is 737 g/mol. The van der Waals surface area contributed by atoms with Crippen molar-refractivity contribution < 1.29 is 0 Å². The second-order valence-corrected chi connectivity index (χ2v) is 16.6. The van der Waals surface area contributed by atoms with Gasteiger partial charge < -0.3 is 9.80 Å². The monoisotopic (exact) mass is 780 g/mol. The van der Waals surface area contributed by atoms with Crippen LogP contribution in [0.15, 0.2) is 231 Å². The summed E-state index contributed by atoms with van der Waals surface area (Å²) in [6.45, 7) is 4.77. The number of fused-ring (bicyclic) bond motifs is 6. The lowest BCUT2D eigenvalue weighted by Crippen LogP contribution is -2.17. The van der Waals surface area contributed by atoms with Gasteiger partial charge in [-0.2, -0.15) is 0 Å². The fourth-order valence-electron chi connectivity index (χ4n) is 9.53. The fourth-order valence-corrected chi connectivity index (χ4v) is 9.53. The van der Waals surface area contributed by atoms with E-state index in [1.807, 2.05) is 0 Å². The van der Waals surface area contributed by atoms with E-state index < -0.39 is 0 Å². The van der Waals surface area contributed by atoms with E-state index in [4.69, 9.17) is 0 Å². The van der Waals surface area contributed by atoms with Crippen molar-refractivity contribution in [3.8, 4) is 33.4 Å². The number of rotatable bonds is 8. The molecule has 0 spiro atoms. The maximum Gasteiger partial charge on any atom is 0.0546 e. The second-order valence-electron chi connectivity index (χ2n) is 16.6. The van der Waals surface area contributed by atoms with Gasteiger partial charge in [0.05, 0.1) is 5.69 Å². The zero-order valence-electron chi connectivity index (χ0n) is 34.3. The van der Waals surface area contributed by atoms with Crippen LogP contribution in [0.2, 0.25) is 0 Å². The maximum atomic E-state index is 2.44. The fraction of sp³-hybridized carbons (Fsp3) is 0.0508. The molecule has 0 unspecified atom stereocenters. The van der Waals surface area contributed by atoms with E-state index in [0.29, 0.717) is 0 Å². The summed E-state index contributed by atoms with van der Waals surface area (Å²) < 4.78 is 0. The zero-order valence-corrected chi connectivity index (χ0v) is 34.3. The van der Waals surface area contributed by atoms with Crippen molar-refractivity contribution >= 4 is 55.7 Å². The Kier molecular flexibility index (Phi) is 8.86. The lowest BCUT2D eigenvalue weighted by Gasteiger charge is -2.30. The highest BCUT2D eigenvalue weighted by Gasteiger charge is 2.37. The summed E-state index contributed by atoms with van der Waals surface area (Å²) in [5.74, 6) is 0. The van der Waals surface area contributed by atoms with Gasteiger partial charge in [0.25, 0.3) is 0 Å². The molecule has 10 aromatic rings. The number of benzene rings is 10. The molecule has 1 aliphatic rings. The van der Waals surface area contributed by atoms with Crippen molar-refractivity contribution in [2.75, 3.05) is 9.80 Å². The van der Waals surface area contributed by atoms with E-state index in [2.05, 4.69) is 254 Å². The van der Waals surface area contributed by atoms with Gasteiger partial charge >= 0.3 is 0 Å². The van der Waals surface area contributed by atoms with Crippen molar-refractivity contribution in [3.63, 3.8) is 0 Å². The van der Waals surface area contributed by atoms with E-state index in [9.17, 15) is 0 Å². The van der Waals surface area contributed by atoms with Gasteiger partial charge in [0.15, 0.2) is 0 Å². The summed E-state index contributed by atoms with van der Waals surface area (Å²) in [4.78, 5) is 4.83. The van der Waals surface area contributed by atoms with Crippen molar-refractivity contribution in [1.29, 1.82) is 0 Å². The summed E-state index contributed by atoms with van der Waals surface area (Å²) >= 11 is 0. The Morgan fingerprint density at radius 3 is 1.26 bits per heavy atom. The average molecular weight is 781 g/mol. The molecule has 61 heavy (non-hydrogen) atoms. The summed E-state index contributed by atoms with van der Waals surface area (Å²) in [5, 5.41) is 4.99. The van der Waals surface area contributed by atoms with Gasteiger partial charge in [0.1, 0.15) is 0 Å². The first-order valence-corrected chi connectivity index (χ1v) is 21.2. The molecule has 0 aromatic heterocycles. The Labute approximate surface area is 358 Å². The molecule has 0 bridgehead atoms. The quantitative estimate of drug-likeness (QED) is 0.142. The van der Waals surface area contributed by atoms with Crippen LogP contribution in [0.1, 0.15) is 25.0 Å². The van der Waals surface area contributed by atoms with E-state index in [1.165, 1.54) is 71.7 Å². The minimum absolute atomic E-state index is 0.247. The molecule has 1 aliphatic carbocycles. The van der Waals surface area contributed by atoms with Crippen LogP contribution in [0.25, 0.3) is 54.9 Å². The smallest absolute Gasteiger partial charge is 0.0546 e. The second kappa shape index (κ2) is 14.9. The number of nitrogens with zero attached hydrogens (tertiary/aromatic N) is 2. The van der Waals surface area contributed by atoms with Crippen LogP contribution in [-0.2, 0) is 5.41 Å². The standard InChI is InChI=1S/C59H44N2/c1-59(2)56-39-49(60(46-19-8-4-9-20-46)48-32-30-44(31-33-48)43-28-26-42(27-29-43)41-16-6-3-7-17-41)34-36-53(56)54-37-35-50(40-57(54)59)61(47-21-10-5-11-22-47)58-38-45-18-12-13-23-51(45)52-24-14-15-25-55(52)58/h3-40H,1-2H3. The Morgan fingerprint density at radius 1 is 0.295 bits per heavy atom. The van der Waals surface area contributed by atoms with Gasteiger partial charge in [-0.1, -0.05) is 178 Å². The van der Waals surface area contributed by atoms with Crippen molar-refractivity contribution in [2.45, 2.75) is 19.3 Å². The first-order valence-electron chi connectivity index (χ1n) is 21.2. The zero-order chi connectivity index (χ0) is 40.9. The molecule has 11 rings (SSSR count). The van der Waals surface area contributed by atoms with Crippen molar-refractivity contribution in [3.05, 3.63) is 242 Å². The van der Waals surface area contributed by atoms with Crippen LogP contribution in [0.4, 0.5) is 34.1 Å². The Hall–Kier alpha value is -7.68. The number of hydrogen-bond donors (Lipinski definition) is 0. The summed E-state index contributed by atoms with van der Waals surface area (Å²) in [5.41, 5.74) is 16.7. The van der Waals surface area contributed by atoms with E-state index >= 15 is 0 Å². The van der Waals surface area contributed by atoms with Gasteiger partial charge in [0, 0.05) is 39.2 Å². The molecular formula is C59H44N2. The lowest BCUT2D eigenvalue weighted by atomic mass is 9.82. The molecule has 0 N–H and O–H groups in total. The highest BCUT2D eigenvalue weighted by Crippen LogP contribution is 2.53. The minimum Gasteiger partial charge on any atom is -0.310 e. The first kappa shape index (κ1) is 36.4. The molecule has 0 aliphatic heterocycles. The summed E-state index contributed by atoms with van der Waals surface area (Å²) in [6.07, 6.45) is 0. The third-order valence-electron chi connectivity index (χ3n) is 12.6. The van der Waals surface area contributed by atoms with Crippen LogP contribution in [0.3, 0.4) is 0 Å². The molecule has 0 fully saturated rings. The van der Waals surface area contributed by atoms with E-state index in [0.717, 1.165) is 28.4 Å². The normalized spacial score (nSPS) is 12.6. The molecule has 2 nitrogen and oxygen atoms in total. The average Bonchev–Trinajstić information content (AvgIpc) is 3.55. The Bertz CT molecular complexity index is 3190. The van der Waals surface area contributed by atoms with Gasteiger partial charge in [-0.05, 0) is 127 Å². The summed E-state index contributed by atoms with van der Waals surface area (Å²) in [6, 6.07) is 84.0. The van der Waals surface area contributed by atoms with Crippen molar-refractivity contribution in [2.24, 2.45) is 0 Å². The van der Waals surface area contributed by atoms with Crippen molar-refractivity contribution in [1.82, 2.24) is 0 Å². The largest absolute Gasteiger partial charge is 0.310 e. The number of para-hydroxylation sites is 2. The number of hydrogen-bond acceptors (Lipinski definition) is 2. The van der Waals surface area contributed by atoms with Crippen LogP contribution in [0, 0.1) is 0 Å². The topological polar surface area (TPSA) is 6.48 Å². The molecule has 10 aromatic carbocycles. The molecule has 0 radical (unpaired) electrons. The predicted molar refractivity (Wildman–Crippen MR) is 259 cm³/mol. The molecule has 2 heteroatoms. The van der Waals surface area contributed by atoms with Gasteiger partial charge in [-0.15, -0.1) is 0 Å². The number of anilines is 6. The molecule has 290 valence electrons. The van der Waals surface area contributed by atoms with Gasteiger partial charge in [-0.25, -0.2) is 0 Å². The predicted octanol–water partition coefficient (Wildman–Crippen LogP) is 16.6. The highest BCUT2D eigenvalue weighted by molar-refractivity contribution is 6.14. The van der Waals surface area contributed by atoms with Gasteiger partial charge in [-0.3, -0.25) is 0 Å². The van der Waals surface area contributed by atoms with E-state index in [1.54, 1.807) is 0 Å². The SMILES string of the molecule is CC1(C)c2cc(N(c3ccccc3)c3ccc(-c4ccc(-c5ccccc5)cc4)cc3)ccc2-c2ccc(N(c3ccccc3)c3cc4ccccc4c4ccccc34)cc21. The molecule has 0 saturated heterocycles. The first-order chi connectivity index (χ1) is 30.0. The van der Waals surface area contributed by atoms with Crippen LogP contribution in [-0.4, -0.2) is 0 Å². The minimum atomic E-state index is -0.247. The van der Waals surface area contributed by atoms with Gasteiger partial charge in [0.2, 0.25) is 0 Å². The molecule has 0 heterocycles. The highest BCUT2D eigenvalue weighted by atomic mass is 15.1. The van der Waals surface area contributed by atoms with E-state index in [-0.39, 0.29) is 5.41 Å². The third-order valence-corrected chi connectivity index (χ3v) is 12.6. The molecule has 0 atom stereocenters.